The summed E-state index contributed by atoms with van der Waals surface area (Å²) < 4.78 is 0. The summed E-state index contributed by atoms with van der Waals surface area (Å²) in [5.74, 6) is -4.46. The fourth-order valence-electron chi connectivity index (χ4n) is 9.19. The van der Waals surface area contributed by atoms with E-state index >= 15 is 0 Å². The number of amides is 7. The van der Waals surface area contributed by atoms with E-state index in [1.807, 2.05) is 91.0 Å². The first kappa shape index (κ1) is 44.5. The lowest BCUT2D eigenvalue weighted by Gasteiger charge is -2.28. The molecule has 6 rings (SSSR count). The molecule has 3 aromatic rings. The molecule has 0 bridgehead atoms. The number of carbonyl (C=O) groups is 7. The molecule has 324 valence electrons. The molecule has 14 nitrogen and oxygen atoms in total. The largest absolute Gasteiger partial charge is 0.368 e. The Labute approximate surface area is 357 Å². The van der Waals surface area contributed by atoms with Crippen LogP contribution in [0.5, 0.6) is 0 Å². The highest BCUT2D eigenvalue weighted by atomic mass is 16.2. The third-order valence-corrected chi connectivity index (χ3v) is 12.4. The Balaban J connectivity index is 1.12. The van der Waals surface area contributed by atoms with Crippen molar-refractivity contribution >= 4 is 41.4 Å². The summed E-state index contributed by atoms with van der Waals surface area (Å²) in [4.78, 5) is 93.8. The van der Waals surface area contributed by atoms with E-state index in [0.29, 0.717) is 51.4 Å². The molecule has 3 aromatic carbocycles. The fraction of sp³-hybridized carbons (Fsp3) is 0.468. The number of nitrogens with one attached hydrogen (secondary N) is 6. The van der Waals surface area contributed by atoms with Crippen molar-refractivity contribution in [2.75, 3.05) is 0 Å². The molecule has 7 amide bonds. The summed E-state index contributed by atoms with van der Waals surface area (Å²) in [6.07, 6.45) is 6.15. The highest BCUT2D eigenvalue weighted by molar-refractivity contribution is 5.92. The van der Waals surface area contributed by atoms with Gasteiger partial charge < -0.3 is 37.6 Å². The minimum absolute atomic E-state index is 0.193. The van der Waals surface area contributed by atoms with Crippen molar-refractivity contribution in [2.24, 2.45) is 23.5 Å². The van der Waals surface area contributed by atoms with Crippen molar-refractivity contribution in [2.45, 2.75) is 120 Å². The Kier molecular flexibility index (Phi) is 15.7. The summed E-state index contributed by atoms with van der Waals surface area (Å²) >= 11 is 0. The standard InChI is InChI=1S/C47H59N7O7/c1-29(55)49-36-23-11-20-33(36)44(58)53-40(27-31-16-7-3-8-17-31)46(60)51-38-25-13-22-35(38)45(59)54-41(28-32-18-9-4-10-19-32)47(61)50-37-24-12-21-34(37)43(57)52-39(42(48)56)26-30-14-5-2-6-15-30/h2-10,14-19,33-41H,11-13,20-28H2,1H3,(H2,48,56)(H,49,55)(H,50,61)(H,51,60)(H,52,57)(H,53,58)(H,54,59)/t33?,34?,35?,36?,37?,38?,39-,40-,41-/m0/s1. The van der Waals surface area contributed by atoms with Gasteiger partial charge in [-0.05, 0) is 55.2 Å². The molecule has 6 unspecified atom stereocenters. The van der Waals surface area contributed by atoms with Crippen LogP contribution in [-0.2, 0) is 52.8 Å². The molecule has 8 N–H and O–H groups in total. The maximum absolute atomic E-state index is 14.2. The van der Waals surface area contributed by atoms with Gasteiger partial charge in [0.05, 0.1) is 17.8 Å². The van der Waals surface area contributed by atoms with Crippen LogP contribution in [0.4, 0.5) is 0 Å². The smallest absolute Gasteiger partial charge is 0.243 e. The van der Waals surface area contributed by atoms with Crippen molar-refractivity contribution in [3.8, 4) is 0 Å². The van der Waals surface area contributed by atoms with Gasteiger partial charge in [-0.1, -0.05) is 110 Å². The molecular weight excluding hydrogens is 775 g/mol. The van der Waals surface area contributed by atoms with E-state index in [1.165, 1.54) is 6.92 Å². The number of hydrogen-bond acceptors (Lipinski definition) is 7. The first-order valence-electron chi connectivity index (χ1n) is 21.6. The molecule has 0 saturated heterocycles. The zero-order chi connectivity index (χ0) is 43.3. The first-order valence-corrected chi connectivity index (χ1v) is 21.6. The Morgan fingerprint density at radius 1 is 0.475 bits per heavy atom. The molecular formula is C47H59N7O7. The van der Waals surface area contributed by atoms with Crippen LogP contribution in [0.1, 0.15) is 81.4 Å². The second kappa shape index (κ2) is 21.5. The zero-order valence-electron chi connectivity index (χ0n) is 34.8. The number of primary amides is 1. The summed E-state index contributed by atoms with van der Waals surface area (Å²) in [5.41, 5.74) is 8.21. The van der Waals surface area contributed by atoms with Gasteiger partial charge >= 0.3 is 0 Å². The number of benzene rings is 3. The van der Waals surface area contributed by atoms with Gasteiger partial charge in [-0.25, -0.2) is 0 Å². The Morgan fingerprint density at radius 2 is 0.787 bits per heavy atom. The van der Waals surface area contributed by atoms with E-state index in [1.54, 1.807) is 0 Å². The predicted octanol–water partition coefficient (Wildman–Crippen LogP) is 2.53. The Morgan fingerprint density at radius 3 is 1.11 bits per heavy atom. The van der Waals surface area contributed by atoms with E-state index in [2.05, 4.69) is 31.9 Å². The molecule has 9 atom stereocenters. The number of hydrogen-bond donors (Lipinski definition) is 7. The van der Waals surface area contributed by atoms with Gasteiger partial charge in [-0.2, -0.15) is 0 Å². The third-order valence-electron chi connectivity index (χ3n) is 12.4. The minimum Gasteiger partial charge on any atom is -0.368 e. The van der Waals surface area contributed by atoms with Crippen LogP contribution in [0.2, 0.25) is 0 Å². The van der Waals surface area contributed by atoms with Crippen LogP contribution in [0.25, 0.3) is 0 Å². The van der Waals surface area contributed by atoms with Crippen LogP contribution in [0.3, 0.4) is 0 Å². The second-order valence-electron chi connectivity index (χ2n) is 16.8. The lowest BCUT2D eigenvalue weighted by molar-refractivity contribution is -0.134. The van der Waals surface area contributed by atoms with Crippen LogP contribution >= 0.6 is 0 Å². The molecule has 0 aliphatic heterocycles. The van der Waals surface area contributed by atoms with Gasteiger partial charge in [-0.3, -0.25) is 33.6 Å². The predicted molar refractivity (Wildman–Crippen MR) is 229 cm³/mol. The molecule has 0 radical (unpaired) electrons. The lowest BCUT2D eigenvalue weighted by atomic mass is 9.97. The Hall–Kier alpha value is -6.05. The number of nitrogens with two attached hydrogens (primary N) is 1. The van der Waals surface area contributed by atoms with Crippen molar-refractivity contribution < 1.29 is 33.6 Å². The summed E-state index contributed by atoms with van der Waals surface area (Å²) in [6.45, 7) is 1.42. The van der Waals surface area contributed by atoms with Crippen molar-refractivity contribution in [3.05, 3.63) is 108 Å². The van der Waals surface area contributed by atoms with Gasteiger partial charge in [0.1, 0.15) is 18.1 Å². The molecule has 3 aliphatic carbocycles. The zero-order valence-corrected chi connectivity index (χ0v) is 34.8. The summed E-state index contributed by atoms with van der Waals surface area (Å²) in [6, 6.07) is 23.8. The lowest BCUT2D eigenvalue weighted by Crippen LogP contribution is -2.57. The van der Waals surface area contributed by atoms with Crippen LogP contribution < -0.4 is 37.6 Å². The minimum atomic E-state index is -0.985. The molecule has 61 heavy (non-hydrogen) atoms. The second-order valence-corrected chi connectivity index (χ2v) is 16.8. The molecule has 0 aromatic heterocycles. The van der Waals surface area contributed by atoms with Gasteiger partial charge in [0, 0.05) is 44.3 Å². The van der Waals surface area contributed by atoms with Crippen LogP contribution in [0, 0.1) is 17.8 Å². The molecule has 0 heterocycles. The van der Waals surface area contributed by atoms with E-state index < -0.39 is 65.7 Å². The van der Waals surface area contributed by atoms with Gasteiger partial charge in [-0.15, -0.1) is 0 Å². The van der Waals surface area contributed by atoms with Gasteiger partial charge in [0.25, 0.3) is 0 Å². The third kappa shape index (κ3) is 12.5. The highest BCUT2D eigenvalue weighted by Gasteiger charge is 2.41. The van der Waals surface area contributed by atoms with Crippen molar-refractivity contribution in [3.63, 3.8) is 0 Å². The van der Waals surface area contributed by atoms with Gasteiger partial charge in [0.15, 0.2) is 0 Å². The molecule has 3 fully saturated rings. The molecule has 3 saturated carbocycles. The van der Waals surface area contributed by atoms with Crippen LogP contribution in [0.15, 0.2) is 91.0 Å². The average molecular weight is 834 g/mol. The van der Waals surface area contributed by atoms with Gasteiger partial charge in [0.2, 0.25) is 41.4 Å². The number of rotatable bonds is 18. The normalized spacial score (nSPS) is 23.4. The molecule has 3 aliphatic rings. The summed E-state index contributed by atoms with van der Waals surface area (Å²) in [5, 5.41) is 17.8. The highest BCUT2D eigenvalue weighted by Crippen LogP contribution is 2.29. The van der Waals surface area contributed by atoms with Crippen molar-refractivity contribution in [1.29, 1.82) is 0 Å². The van der Waals surface area contributed by atoms with Crippen LogP contribution in [-0.4, -0.2) is 77.6 Å². The molecule has 14 heteroatoms. The maximum atomic E-state index is 14.2. The van der Waals surface area contributed by atoms with E-state index in [-0.39, 0.29) is 48.9 Å². The Bertz CT molecular complexity index is 2000. The van der Waals surface area contributed by atoms with E-state index in [0.717, 1.165) is 23.1 Å². The monoisotopic (exact) mass is 833 g/mol. The topological polar surface area (TPSA) is 218 Å². The summed E-state index contributed by atoms with van der Waals surface area (Å²) in [7, 11) is 0. The fourth-order valence-corrected chi connectivity index (χ4v) is 9.19. The molecule has 0 spiro atoms. The SMILES string of the molecule is CC(=O)NC1CCCC1C(=O)N[C@@H](Cc1ccccc1)C(=O)NC1CCCC1C(=O)N[C@@H](Cc1ccccc1)C(=O)NC1CCCC1C(=O)N[C@@H](Cc1ccccc1)C(N)=O. The van der Waals surface area contributed by atoms with E-state index in [9.17, 15) is 33.6 Å². The van der Waals surface area contributed by atoms with Crippen molar-refractivity contribution in [1.82, 2.24) is 31.9 Å². The van der Waals surface area contributed by atoms with E-state index in [4.69, 9.17) is 5.73 Å². The average Bonchev–Trinajstić information content (AvgIpc) is 4.03. The first-order chi connectivity index (χ1) is 29.4. The number of carbonyl (C=O) groups excluding carboxylic acids is 7. The maximum Gasteiger partial charge on any atom is 0.243 e. The quantitative estimate of drug-likeness (QED) is 0.102.